The maximum Gasteiger partial charge on any atom is 0.321 e. The van der Waals surface area contributed by atoms with Gasteiger partial charge in [-0.15, -0.1) is 0 Å². The first-order valence-corrected chi connectivity index (χ1v) is 12.1. The van der Waals surface area contributed by atoms with Gasteiger partial charge in [0.05, 0.1) is 25.7 Å². The van der Waals surface area contributed by atoms with Crippen molar-refractivity contribution in [3.63, 3.8) is 0 Å². The Morgan fingerprint density at radius 3 is 2.68 bits per heavy atom. The smallest absolute Gasteiger partial charge is 0.321 e. The van der Waals surface area contributed by atoms with E-state index in [0.29, 0.717) is 24.3 Å². The topological polar surface area (TPSA) is 98.2 Å². The number of nitrogens with zero attached hydrogens (tertiary/aromatic N) is 4. The van der Waals surface area contributed by atoms with Crippen LogP contribution in [0.25, 0.3) is 0 Å². The van der Waals surface area contributed by atoms with Crippen LogP contribution in [-0.4, -0.2) is 96.3 Å². The number of carbonyl (C=O) groups is 2. The lowest BCUT2D eigenvalue weighted by molar-refractivity contribution is 0.0356. The Morgan fingerprint density at radius 1 is 1.32 bits per heavy atom. The average molecular weight is 512 g/mol. The zero-order chi connectivity index (χ0) is 27.1. The molecule has 1 aliphatic heterocycles. The summed E-state index contributed by atoms with van der Waals surface area (Å²) in [7, 11) is 5.46. The number of likely N-dealkylation sites (N-methyl/N-ethyl adjacent to an activating group) is 1. The molecule has 10 heteroatoms. The van der Waals surface area contributed by atoms with E-state index >= 15 is 0 Å². The number of pyridine rings is 1. The fourth-order valence-electron chi connectivity index (χ4n) is 3.79. The molecular weight excluding hydrogens is 477 g/mol. The molecule has 3 amide bonds. The Labute approximate surface area is 217 Å². The molecule has 1 aliphatic rings. The van der Waals surface area contributed by atoms with E-state index in [2.05, 4.69) is 22.1 Å². The largest absolute Gasteiger partial charge is 0.472 e. The van der Waals surface area contributed by atoms with Crippen LogP contribution in [0, 0.1) is 23.6 Å². The molecule has 3 atom stereocenters. The molecule has 2 aromatic rings. The Balaban J connectivity index is 1.86. The highest BCUT2D eigenvalue weighted by molar-refractivity contribution is 5.97. The third-order valence-corrected chi connectivity index (χ3v) is 6.05. The Kier molecular flexibility index (Phi) is 9.44. The fraction of sp³-hybridized carbons (Fsp3) is 0.444. The summed E-state index contributed by atoms with van der Waals surface area (Å²) in [5.41, 5.74) is 1.30. The Bertz CT molecular complexity index is 1160. The van der Waals surface area contributed by atoms with Gasteiger partial charge in [-0.2, -0.15) is 0 Å². The van der Waals surface area contributed by atoms with Crippen LogP contribution in [0.3, 0.4) is 0 Å². The maximum atomic E-state index is 13.5. The second-order valence-corrected chi connectivity index (χ2v) is 9.56. The number of aromatic nitrogens is 1. The van der Waals surface area contributed by atoms with E-state index in [1.165, 1.54) is 29.2 Å². The number of benzene rings is 1. The summed E-state index contributed by atoms with van der Waals surface area (Å²) in [6, 6.07) is 6.34. The number of carbonyl (C=O) groups excluding carboxylic acids is 2. The second-order valence-electron chi connectivity index (χ2n) is 9.56. The fourth-order valence-corrected chi connectivity index (χ4v) is 3.79. The molecule has 9 nitrogen and oxygen atoms in total. The molecule has 0 bridgehead atoms. The van der Waals surface area contributed by atoms with Gasteiger partial charge in [0, 0.05) is 37.0 Å². The average Bonchev–Trinajstić information content (AvgIpc) is 2.87. The molecule has 37 heavy (non-hydrogen) atoms. The first-order chi connectivity index (χ1) is 17.6. The van der Waals surface area contributed by atoms with E-state index in [1.54, 1.807) is 31.1 Å². The van der Waals surface area contributed by atoms with Gasteiger partial charge < -0.3 is 25.0 Å². The van der Waals surface area contributed by atoms with Crippen molar-refractivity contribution in [1.82, 2.24) is 19.7 Å². The highest BCUT2D eigenvalue weighted by atomic mass is 19.1. The third kappa shape index (κ3) is 7.41. The molecule has 0 unspecified atom stereocenters. The number of ether oxygens (including phenoxy) is 1. The molecule has 198 valence electrons. The van der Waals surface area contributed by atoms with Crippen molar-refractivity contribution in [1.29, 1.82) is 0 Å². The number of amides is 3. The number of urea groups is 1. The van der Waals surface area contributed by atoms with E-state index in [4.69, 9.17) is 4.74 Å². The first kappa shape index (κ1) is 27.9. The molecule has 0 saturated heterocycles. The van der Waals surface area contributed by atoms with Crippen molar-refractivity contribution in [2.45, 2.75) is 26.0 Å². The minimum absolute atomic E-state index is 0.155. The minimum atomic E-state index is -0.498. The van der Waals surface area contributed by atoms with Crippen LogP contribution in [-0.2, 0) is 0 Å². The van der Waals surface area contributed by atoms with E-state index in [1.807, 2.05) is 25.9 Å². The number of hydrogen-bond donors (Lipinski definition) is 2. The maximum absolute atomic E-state index is 13.5. The van der Waals surface area contributed by atoms with Crippen molar-refractivity contribution in [2.75, 3.05) is 52.7 Å². The van der Waals surface area contributed by atoms with Gasteiger partial charge in [0.25, 0.3) is 5.91 Å². The molecule has 0 saturated carbocycles. The number of aliphatic hydroxyl groups is 1. The number of hydrogen-bond acceptors (Lipinski definition) is 6. The predicted octanol–water partition coefficient (Wildman–Crippen LogP) is 2.52. The summed E-state index contributed by atoms with van der Waals surface area (Å²) in [5.74, 6) is 5.33. The SMILES string of the molecule is C[C@H](CO)N1C[C@H](C)[C@H](CN(C)C(=O)Nc2ccc(F)cc2)Oc2ncc(C#CCN(C)C)cc2C1=O. The van der Waals surface area contributed by atoms with Crippen LogP contribution in [0.5, 0.6) is 5.88 Å². The standard InChI is InChI=1S/C27H34FN5O4/c1-18-15-33(19(2)17-34)26(35)23-13-20(7-6-12-31(3)4)14-29-25(23)37-24(18)16-32(5)27(36)30-22-10-8-21(28)9-11-22/h8-11,13-14,18-19,24,34H,12,15-17H2,1-5H3,(H,30,36)/t18-,19+,24-/m0/s1. The molecule has 1 aromatic carbocycles. The highest BCUT2D eigenvalue weighted by Gasteiger charge is 2.34. The first-order valence-electron chi connectivity index (χ1n) is 12.1. The number of halogens is 1. The van der Waals surface area contributed by atoms with Gasteiger partial charge in [0.1, 0.15) is 17.5 Å². The van der Waals surface area contributed by atoms with Crippen molar-refractivity contribution in [3.05, 3.63) is 53.5 Å². The number of rotatable bonds is 6. The van der Waals surface area contributed by atoms with Crippen LogP contribution >= 0.6 is 0 Å². The normalized spacial score (nSPS) is 18.1. The molecule has 2 N–H and O–H groups in total. The molecular formula is C27H34FN5O4. The van der Waals surface area contributed by atoms with E-state index in [0.717, 1.165) is 0 Å². The Morgan fingerprint density at radius 2 is 2.03 bits per heavy atom. The van der Waals surface area contributed by atoms with Gasteiger partial charge in [-0.1, -0.05) is 18.8 Å². The molecule has 0 fully saturated rings. The van der Waals surface area contributed by atoms with Crippen LogP contribution in [0.15, 0.2) is 36.5 Å². The summed E-state index contributed by atoms with van der Waals surface area (Å²) in [5, 5.41) is 12.5. The van der Waals surface area contributed by atoms with Crippen molar-refractivity contribution in [2.24, 2.45) is 5.92 Å². The van der Waals surface area contributed by atoms with Gasteiger partial charge in [-0.05, 0) is 51.4 Å². The monoisotopic (exact) mass is 511 g/mol. The quantitative estimate of drug-likeness (QED) is 0.579. The zero-order valence-corrected chi connectivity index (χ0v) is 21.9. The zero-order valence-electron chi connectivity index (χ0n) is 21.9. The van der Waals surface area contributed by atoms with Gasteiger partial charge >= 0.3 is 6.03 Å². The molecule has 2 heterocycles. The Hall–Kier alpha value is -3.68. The van der Waals surface area contributed by atoms with Crippen LogP contribution in [0.2, 0.25) is 0 Å². The van der Waals surface area contributed by atoms with Crippen molar-refractivity contribution >= 4 is 17.6 Å². The van der Waals surface area contributed by atoms with E-state index < -0.39 is 18.0 Å². The summed E-state index contributed by atoms with van der Waals surface area (Å²) < 4.78 is 19.4. The number of nitrogens with one attached hydrogen (secondary N) is 1. The van der Waals surface area contributed by atoms with E-state index in [9.17, 15) is 19.1 Å². The predicted molar refractivity (Wildman–Crippen MR) is 139 cm³/mol. The lowest BCUT2D eigenvalue weighted by atomic mass is 10.00. The van der Waals surface area contributed by atoms with Gasteiger partial charge in [-0.3, -0.25) is 9.69 Å². The van der Waals surface area contributed by atoms with Crippen LogP contribution in [0.4, 0.5) is 14.9 Å². The number of aliphatic hydroxyl groups excluding tert-OH is 1. The minimum Gasteiger partial charge on any atom is -0.472 e. The van der Waals surface area contributed by atoms with Crippen molar-refractivity contribution < 1.29 is 23.8 Å². The second kappa shape index (κ2) is 12.5. The van der Waals surface area contributed by atoms with Gasteiger partial charge in [-0.25, -0.2) is 14.2 Å². The third-order valence-electron chi connectivity index (χ3n) is 6.05. The lowest BCUT2D eigenvalue weighted by Gasteiger charge is -2.37. The molecule has 0 spiro atoms. The van der Waals surface area contributed by atoms with Gasteiger partial charge in [0.2, 0.25) is 5.88 Å². The summed E-state index contributed by atoms with van der Waals surface area (Å²) in [6.07, 6.45) is 1.06. The van der Waals surface area contributed by atoms with Gasteiger partial charge in [0.15, 0.2) is 0 Å². The highest BCUT2D eigenvalue weighted by Crippen LogP contribution is 2.27. The molecule has 3 rings (SSSR count). The molecule has 0 radical (unpaired) electrons. The van der Waals surface area contributed by atoms with Crippen LogP contribution in [0.1, 0.15) is 29.8 Å². The summed E-state index contributed by atoms with van der Waals surface area (Å²) in [4.78, 5) is 35.7. The van der Waals surface area contributed by atoms with Crippen molar-refractivity contribution in [3.8, 4) is 17.7 Å². The summed E-state index contributed by atoms with van der Waals surface area (Å²) in [6.45, 7) is 4.57. The lowest BCUT2D eigenvalue weighted by Crippen LogP contribution is -2.50. The summed E-state index contributed by atoms with van der Waals surface area (Å²) >= 11 is 0. The molecule has 0 aliphatic carbocycles. The number of fused-ring (bicyclic) bond motifs is 1. The number of anilines is 1. The van der Waals surface area contributed by atoms with E-state index in [-0.39, 0.29) is 42.5 Å². The molecule has 1 aromatic heterocycles. The van der Waals surface area contributed by atoms with Crippen LogP contribution < -0.4 is 10.1 Å².